The van der Waals surface area contributed by atoms with Crippen LogP contribution in [-0.4, -0.2) is 365 Å². The first-order valence-corrected chi connectivity index (χ1v) is 28.4. The molecule has 0 aromatic heterocycles. The number of carbonyl (C=O) groups is 2. The van der Waals surface area contributed by atoms with Gasteiger partial charge in [-0.3, -0.25) is 14.1 Å². The van der Waals surface area contributed by atoms with Gasteiger partial charge in [0.2, 0.25) is 11.8 Å². The first-order valence-electron chi connectivity index (χ1n) is 27.0. The molecule has 0 radical (unpaired) electrons. The number of aliphatic hydroxyl groups is 18. The highest BCUT2D eigenvalue weighted by molar-refractivity contribution is 7.80. The van der Waals surface area contributed by atoms with Gasteiger partial charge in [-0.15, -0.1) is 0 Å². The van der Waals surface area contributed by atoms with Crippen molar-refractivity contribution in [2.45, 2.75) is 243 Å². The number of hydrogen-bond donors (Lipinski definition) is 21. The first-order chi connectivity index (χ1) is 40.3. The lowest BCUT2D eigenvalue weighted by Gasteiger charge is -2.51. The van der Waals surface area contributed by atoms with Crippen molar-refractivity contribution in [2.75, 3.05) is 33.0 Å². The highest BCUT2D eigenvalue weighted by atomic mass is 32.3. The van der Waals surface area contributed by atoms with Gasteiger partial charge in [-0.2, -0.15) is 8.42 Å². The smallest absolute Gasteiger partial charge is 0.394 e. The zero-order valence-electron chi connectivity index (χ0n) is 46.0. The second-order valence-corrected chi connectivity index (χ2v) is 22.7. The number of nitrogens with one attached hydrogen (secondary N) is 2. The number of rotatable bonds is 21. The van der Waals surface area contributed by atoms with Crippen molar-refractivity contribution in [1.29, 1.82) is 0 Å². The van der Waals surface area contributed by atoms with Crippen LogP contribution in [0.3, 0.4) is 0 Å². The quantitative estimate of drug-likeness (QED) is 0.0475. The van der Waals surface area contributed by atoms with Crippen molar-refractivity contribution in [1.82, 2.24) is 10.6 Å². The molecule has 500 valence electrons. The van der Waals surface area contributed by atoms with Crippen LogP contribution in [0.1, 0.15) is 27.7 Å². The Hall–Kier alpha value is -2.43. The van der Waals surface area contributed by atoms with E-state index in [-0.39, 0.29) is 0 Å². The third-order valence-electron chi connectivity index (χ3n) is 15.5. The van der Waals surface area contributed by atoms with E-state index in [2.05, 4.69) is 14.8 Å². The predicted octanol–water partition coefficient (Wildman–Crippen LogP) is -14.1. The largest absolute Gasteiger partial charge is 0.397 e. The maximum absolute atomic E-state index is 12.8. The van der Waals surface area contributed by atoms with Crippen molar-refractivity contribution in [2.24, 2.45) is 0 Å². The van der Waals surface area contributed by atoms with Gasteiger partial charge in [0.25, 0.3) is 0 Å². The maximum atomic E-state index is 12.8. The molecule has 0 aromatic carbocycles. The Kier molecular flexibility index (Phi) is 24.7. The Morgan fingerprint density at radius 2 is 0.744 bits per heavy atom. The summed E-state index contributed by atoms with van der Waals surface area (Å²) in [5, 5.41) is 201. The van der Waals surface area contributed by atoms with Crippen LogP contribution >= 0.6 is 0 Å². The van der Waals surface area contributed by atoms with Gasteiger partial charge in [0, 0.05) is 13.8 Å². The number of carbonyl (C=O) groups excluding carboxylic acids is 2. The molecule has 0 saturated carbocycles. The molecule has 0 aromatic rings. The van der Waals surface area contributed by atoms with Gasteiger partial charge < -0.3 is 164 Å². The maximum Gasteiger partial charge on any atom is 0.397 e. The summed E-state index contributed by atoms with van der Waals surface area (Å²) in [6, 6.07) is -3.68. The Labute approximate surface area is 487 Å². The third kappa shape index (κ3) is 15.9. The minimum atomic E-state index is -5.27. The fourth-order valence-electron chi connectivity index (χ4n) is 10.7. The van der Waals surface area contributed by atoms with Crippen LogP contribution in [0.2, 0.25) is 0 Å². The lowest BCUT2D eigenvalue weighted by atomic mass is 9.94. The lowest BCUT2D eigenvalue weighted by Crippen LogP contribution is -2.70. The summed E-state index contributed by atoms with van der Waals surface area (Å²) in [4.78, 5) is 25.5. The number of ether oxygens (including phenoxy) is 13. The number of hydrogen-bond acceptors (Lipinski definition) is 36. The molecule has 7 aliphatic rings. The molecule has 21 N–H and O–H groups in total. The van der Waals surface area contributed by atoms with Crippen LogP contribution in [-0.2, 0) is 85.8 Å². The molecule has 7 heterocycles. The SMILES string of the molecule is CC(=O)N[C@@H]1[C@@H](O[C@@H]2O[C@H](CO)[C@H](O)[C@H](O[C@H]3O[C@H](CO)[C@H](O)[C@H](O)[C@H]3O[C@@H]3O[C@H](CO)[C@H](O)[C@H](O)[C@H]3O)[C@H]2O[C@@H]2O[C@@H](C)[C@@H](O)[C@@H](O)[C@@H]2O)[C@@H](O)[C@@H](CO[C@@H]2O[C@H](COS(=O)(=O)O)[C@@H](O)[C@H](O[C@@H]3O[C@@H](C)[C@@H](O)[C@@H](O)[C@@H]3O)[C@H]2NC(C)=O)O[C@@H]1O. The van der Waals surface area contributed by atoms with Gasteiger partial charge in [-0.25, -0.2) is 4.18 Å². The molecule has 0 aliphatic carbocycles. The number of amides is 2. The summed E-state index contributed by atoms with van der Waals surface area (Å²) in [7, 11) is -5.27. The highest BCUT2D eigenvalue weighted by Crippen LogP contribution is 2.38. The lowest BCUT2D eigenvalue weighted by molar-refractivity contribution is -0.410. The summed E-state index contributed by atoms with van der Waals surface area (Å²) in [6.45, 7) is -1.01. The second kappa shape index (κ2) is 29.9. The Morgan fingerprint density at radius 1 is 0.384 bits per heavy atom. The van der Waals surface area contributed by atoms with Crippen molar-refractivity contribution in [3.05, 3.63) is 0 Å². The van der Waals surface area contributed by atoms with Crippen molar-refractivity contribution >= 4 is 22.2 Å². The molecule has 0 unspecified atom stereocenters. The zero-order chi connectivity index (χ0) is 63.7. The summed E-state index contributed by atoms with van der Waals surface area (Å²) in [5.74, 6) is -1.81. The highest BCUT2D eigenvalue weighted by Gasteiger charge is 2.59. The molecule has 7 rings (SSSR count). The summed E-state index contributed by atoms with van der Waals surface area (Å²) in [5.41, 5.74) is 0. The molecule has 7 saturated heterocycles. The summed E-state index contributed by atoms with van der Waals surface area (Å²) >= 11 is 0. The molecule has 7 aliphatic heterocycles. The molecular formula is C46H78N2O37S. The van der Waals surface area contributed by atoms with Crippen molar-refractivity contribution < 1.29 is 180 Å². The monoisotopic (exact) mass is 1280 g/mol. The molecule has 7 fully saturated rings. The summed E-state index contributed by atoms with van der Waals surface area (Å²) in [6.07, 6.45) is -66.0. The molecule has 2 amide bonds. The minimum Gasteiger partial charge on any atom is -0.394 e. The average Bonchev–Trinajstić information content (AvgIpc) is 0.855. The predicted molar refractivity (Wildman–Crippen MR) is 263 cm³/mol. The normalized spacial score (nSPS) is 49.6. The van der Waals surface area contributed by atoms with E-state index in [0.29, 0.717) is 0 Å². The second-order valence-electron chi connectivity index (χ2n) is 21.6. The van der Waals surface area contributed by atoms with Crippen LogP contribution in [0, 0.1) is 0 Å². The van der Waals surface area contributed by atoms with E-state index in [9.17, 15) is 114 Å². The molecular weight excluding hydrogens is 1200 g/mol. The molecule has 35 atom stereocenters. The van der Waals surface area contributed by atoms with Crippen molar-refractivity contribution in [3.63, 3.8) is 0 Å². The standard InChI is InChI=1S/C46H78N2O37S/c1-10-21(54)28(61)32(65)42(74-10)81-36-20(48-13(4)53)41(80-18(27(36)60)9-73-86(69,70)71)72-8-17-26(59)35(19(40(68)76-17)47-12(3)52)82-46-39(85-43-33(66)29(62)22(55)11(2)75-43)37(25(58)16(7-51)79-46)83-45-38(31(64)24(57)15(6-50)78-45)84-44-34(67)30(63)23(56)14(5-49)77-44/h10-11,14-46,49-51,54-68H,5-9H2,1-4H3,(H,47,52)(H,48,53)(H,69,70,71)/t10-,11-,14+,15+,16+,17+,18+,19+,20+,21+,22+,23-,24-,25-,26-,27+,28+,29+,30-,31-,32-,33-,34+,35+,36+,37-,38+,39+,40-,41+,42-,43-,44-,45+,46-/m0/s1. The van der Waals surface area contributed by atoms with Crippen LogP contribution < -0.4 is 10.6 Å². The topological polar surface area (TPSA) is 606 Å². The molecule has 0 bridgehead atoms. The van der Waals surface area contributed by atoms with Gasteiger partial charge in [0.1, 0.15) is 159 Å². The van der Waals surface area contributed by atoms with Gasteiger partial charge in [-0.05, 0) is 13.8 Å². The minimum absolute atomic E-state index is 0.886. The fraction of sp³-hybridized carbons (Fsp3) is 0.957. The molecule has 0 spiro atoms. The van der Waals surface area contributed by atoms with E-state index in [0.717, 1.165) is 13.8 Å². The fourth-order valence-corrected chi connectivity index (χ4v) is 11.0. The van der Waals surface area contributed by atoms with Gasteiger partial charge in [0.15, 0.2) is 44.0 Å². The zero-order valence-corrected chi connectivity index (χ0v) is 46.8. The number of aliphatic hydroxyl groups excluding tert-OH is 18. The van der Waals surface area contributed by atoms with Gasteiger partial charge in [0.05, 0.1) is 45.2 Å². The van der Waals surface area contributed by atoms with E-state index in [1.54, 1.807) is 0 Å². The Morgan fingerprint density at radius 3 is 1.24 bits per heavy atom. The Balaban J connectivity index is 1.23. The molecule has 86 heavy (non-hydrogen) atoms. The van der Waals surface area contributed by atoms with E-state index < -0.39 is 270 Å². The van der Waals surface area contributed by atoms with Crippen LogP contribution in [0.4, 0.5) is 0 Å². The van der Waals surface area contributed by atoms with E-state index in [4.69, 9.17) is 61.6 Å². The molecule has 40 heteroatoms. The van der Waals surface area contributed by atoms with E-state index in [1.165, 1.54) is 13.8 Å². The van der Waals surface area contributed by atoms with Crippen LogP contribution in [0.25, 0.3) is 0 Å². The van der Waals surface area contributed by atoms with Gasteiger partial charge in [-0.1, -0.05) is 0 Å². The molecule has 39 nitrogen and oxygen atoms in total. The summed E-state index contributed by atoms with van der Waals surface area (Å²) < 4.78 is 113. The van der Waals surface area contributed by atoms with E-state index >= 15 is 0 Å². The van der Waals surface area contributed by atoms with Crippen LogP contribution in [0.15, 0.2) is 0 Å². The average molecular weight is 1280 g/mol. The Bertz CT molecular complexity index is 2290. The third-order valence-corrected chi connectivity index (χ3v) is 15.9. The van der Waals surface area contributed by atoms with Crippen LogP contribution in [0.5, 0.6) is 0 Å². The van der Waals surface area contributed by atoms with Crippen molar-refractivity contribution in [3.8, 4) is 0 Å². The van der Waals surface area contributed by atoms with E-state index in [1.807, 2.05) is 0 Å². The van der Waals surface area contributed by atoms with Gasteiger partial charge >= 0.3 is 10.4 Å². The first kappa shape index (κ1) is 71.0.